The number of nitrogens with one attached hydrogen (secondary N) is 6. The number of para-hydroxylation sites is 4. The van der Waals surface area contributed by atoms with Crippen LogP contribution in [0.2, 0.25) is 0 Å². The summed E-state index contributed by atoms with van der Waals surface area (Å²) in [5, 5.41) is 7.50. The first-order chi connectivity index (χ1) is 29.8. The van der Waals surface area contributed by atoms with Gasteiger partial charge in [0, 0.05) is 54.5 Å². The minimum atomic E-state index is -3.91. The van der Waals surface area contributed by atoms with Crippen molar-refractivity contribution < 1.29 is 26.4 Å². The lowest BCUT2D eigenvalue weighted by Gasteiger charge is -2.19. The van der Waals surface area contributed by atoms with E-state index in [1.165, 1.54) is 24.3 Å². The Bertz CT molecular complexity index is 2810. The summed E-state index contributed by atoms with van der Waals surface area (Å²) >= 11 is 6.61. The van der Waals surface area contributed by atoms with Crippen molar-refractivity contribution in [3.63, 3.8) is 0 Å². The number of amides is 2. The van der Waals surface area contributed by atoms with Gasteiger partial charge in [-0.05, 0) is 109 Å². The molecule has 2 amide bonds. The van der Waals surface area contributed by atoms with Crippen LogP contribution in [0.1, 0.15) is 11.1 Å². The van der Waals surface area contributed by atoms with E-state index in [0.29, 0.717) is 11.4 Å². The van der Waals surface area contributed by atoms with Crippen LogP contribution in [0.4, 0.5) is 11.4 Å². The van der Waals surface area contributed by atoms with Gasteiger partial charge in [0.1, 0.15) is 12.1 Å². The number of carbonyl (C=O) groups excluding carboxylic acids is 2. The molecular formula is C46H40Br2N6O6S2. The Morgan fingerprint density at radius 2 is 0.806 bits per heavy atom. The van der Waals surface area contributed by atoms with E-state index >= 15 is 0 Å². The zero-order chi connectivity index (χ0) is 43.7. The molecule has 2 heterocycles. The molecule has 316 valence electrons. The van der Waals surface area contributed by atoms with Crippen LogP contribution < -0.4 is 20.1 Å². The minimum Gasteiger partial charge on any atom is -0.361 e. The molecule has 0 fully saturated rings. The van der Waals surface area contributed by atoms with Crippen molar-refractivity contribution in [2.45, 2.75) is 34.7 Å². The summed E-state index contributed by atoms with van der Waals surface area (Å²) in [5.41, 5.74) is 4.74. The topological polar surface area (TPSA) is 182 Å². The molecule has 0 spiro atoms. The number of hydrogen-bond donors (Lipinski definition) is 6. The Balaban J connectivity index is 0.000000186. The number of benzene rings is 6. The normalized spacial score (nSPS) is 12.5. The molecule has 8 aromatic rings. The summed E-state index contributed by atoms with van der Waals surface area (Å²) in [6.07, 6.45) is 4.00. The third-order valence-electron chi connectivity index (χ3n) is 9.76. The molecule has 0 saturated carbocycles. The zero-order valence-electron chi connectivity index (χ0n) is 32.8. The maximum absolute atomic E-state index is 13.1. The van der Waals surface area contributed by atoms with Crippen molar-refractivity contribution >= 4 is 96.9 Å². The number of rotatable bonds is 14. The number of carbonyl (C=O) groups is 2. The van der Waals surface area contributed by atoms with Gasteiger partial charge in [-0.15, -0.1) is 0 Å². The number of fused-ring (bicyclic) bond motifs is 2. The molecule has 0 radical (unpaired) electrons. The summed E-state index contributed by atoms with van der Waals surface area (Å²) in [4.78, 5) is 32.7. The largest absolute Gasteiger partial charge is 0.361 e. The van der Waals surface area contributed by atoms with E-state index in [4.69, 9.17) is 0 Å². The summed E-state index contributed by atoms with van der Waals surface area (Å²) in [7, 11) is -7.82. The maximum Gasteiger partial charge on any atom is 0.242 e. The number of hydrogen-bond acceptors (Lipinski definition) is 6. The summed E-state index contributed by atoms with van der Waals surface area (Å²) in [6.45, 7) is 0. The molecule has 2 atom stereocenters. The molecule has 0 aliphatic heterocycles. The minimum absolute atomic E-state index is 0.0899. The van der Waals surface area contributed by atoms with Gasteiger partial charge in [0.2, 0.25) is 31.9 Å². The van der Waals surface area contributed by atoms with E-state index in [1.807, 2.05) is 60.7 Å². The first-order valence-corrected chi connectivity index (χ1v) is 23.8. The van der Waals surface area contributed by atoms with Crippen molar-refractivity contribution in [2.75, 3.05) is 10.6 Å². The van der Waals surface area contributed by atoms with Crippen molar-refractivity contribution in [1.82, 2.24) is 19.4 Å². The molecule has 0 unspecified atom stereocenters. The van der Waals surface area contributed by atoms with Crippen molar-refractivity contribution in [3.8, 4) is 0 Å². The van der Waals surface area contributed by atoms with Crippen molar-refractivity contribution in [1.29, 1.82) is 0 Å². The van der Waals surface area contributed by atoms with Gasteiger partial charge >= 0.3 is 0 Å². The molecule has 2 aromatic heterocycles. The average molecular weight is 997 g/mol. The molecule has 6 N–H and O–H groups in total. The van der Waals surface area contributed by atoms with Gasteiger partial charge in [-0.3, -0.25) is 9.59 Å². The van der Waals surface area contributed by atoms with Gasteiger partial charge in [0.25, 0.3) is 0 Å². The first kappa shape index (κ1) is 44.2. The van der Waals surface area contributed by atoms with Crippen molar-refractivity contribution in [3.05, 3.63) is 190 Å². The molecule has 12 nitrogen and oxygen atoms in total. The van der Waals surface area contributed by atoms with Gasteiger partial charge in [0.05, 0.1) is 9.79 Å². The van der Waals surface area contributed by atoms with Crippen LogP contribution in [0.25, 0.3) is 21.8 Å². The number of H-pyrrole nitrogens is 2. The number of aromatic amines is 2. The number of aromatic nitrogens is 2. The van der Waals surface area contributed by atoms with Gasteiger partial charge in [-0.2, -0.15) is 9.44 Å². The van der Waals surface area contributed by atoms with E-state index in [9.17, 15) is 26.4 Å². The van der Waals surface area contributed by atoms with Crippen LogP contribution in [0, 0.1) is 0 Å². The number of anilines is 2. The Labute approximate surface area is 375 Å². The third kappa shape index (κ3) is 11.3. The summed E-state index contributed by atoms with van der Waals surface area (Å²) in [6, 6.07) is 43.8. The highest BCUT2D eigenvalue weighted by Crippen LogP contribution is 2.23. The standard InChI is InChI=1S/2C23H20BrN3O3S/c2*24-17-10-12-19(13-11-17)31(29,30)27-22(23(28)26-18-6-2-1-3-7-18)14-16-15-25-21-9-5-4-8-20(16)21/h2*1-13,15,22,25,27H,14H2,(H,26,28)/t2*22-/m00/s1. The molecule has 62 heavy (non-hydrogen) atoms. The molecule has 6 aromatic carbocycles. The predicted octanol–water partition coefficient (Wildman–Crippen LogP) is 8.92. The monoisotopic (exact) mass is 994 g/mol. The van der Waals surface area contributed by atoms with Crippen LogP contribution in [0.15, 0.2) is 189 Å². The van der Waals surface area contributed by atoms with Gasteiger partial charge in [-0.25, -0.2) is 16.8 Å². The lowest BCUT2D eigenvalue weighted by molar-refractivity contribution is -0.118. The molecule has 8 rings (SSSR count). The fraction of sp³-hybridized carbons (Fsp3) is 0.0870. The lowest BCUT2D eigenvalue weighted by atomic mass is 10.0. The number of halogens is 2. The highest BCUT2D eigenvalue weighted by molar-refractivity contribution is 9.10. The van der Waals surface area contributed by atoms with E-state index in [0.717, 1.165) is 41.9 Å². The second-order valence-corrected chi connectivity index (χ2v) is 19.4. The quantitative estimate of drug-likeness (QED) is 0.0633. The predicted molar refractivity (Wildman–Crippen MR) is 251 cm³/mol. The molecule has 0 aliphatic carbocycles. The van der Waals surface area contributed by atoms with Crippen molar-refractivity contribution in [2.24, 2.45) is 0 Å². The van der Waals surface area contributed by atoms with Crippen LogP contribution >= 0.6 is 31.9 Å². The zero-order valence-corrected chi connectivity index (χ0v) is 37.6. The SMILES string of the molecule is O=C(Nc1ccccc1)[C@H](Cc1c[nH]c2ccccc12)NS(=O)(=O)c1ccc(Br)cc1.O=C(Nc1ccccc1)[C@H](Cc1c[nH]c2ccccc12)NS(=O)(=O)c1ccc(Br)cc1. The smallest absolute Gasteiger partial charge is 0.242 e. The molecular weight excluding hydrogens is 956 g/mol. The van der Waals surface area contributed by atoms with Crippen LogP contribution in [0.3, 0.4) is 0 Å². The lowest BCUT2D eigenvalue weighted by Crippen LogP contribution is -2.45. The second kappa shape index (κ2) is 19.9. The fourth-order valence-electron chi connectivity index (χ4n) is 6.66. The van der Waals surface area contributed by atoms with E-state index < -0.39 is 43.9 Å². The number of sulfonamides is 2. The highest BCUT2D eigenvalue weighted by Gasteiger charge is 2.29. The molecule has 0 bridgehead atoms. The third-order valence-corrected chi connectivity index (χ3v) is 13.8. The van der Waals surface area contributed by atoms with Crippen LogP contribution in [0.5, 0.6) is 0 Å². The first-order valence-electron chi connectivity index (χ1n) is 19.2. The Morgan fingerprint density at radius 3 is 1.18 bits per heavy atom. The van der Waals surface area contributed by atoms with E-state index in [2.05, 4.69) is 61.9 Å². The second-order valence-electron chi connectivity index (χ2n) is 14.1. The Kier molecular flexibility index (Phi) is 14.2. The molecule has 0 saturated heterocycles. The summed E-state index contributed by atoms with van der Waals surface area (Å²) < 4.78 is 58.7. The van der Waals surface area contributed by atoms with Gasteiger partial charge in [0.15, 0.2) is 0 Å². The van der Waals surface area contributed by atoms with Crippen LogP contribution in [-0.4, -0.2) is 50.7 Å². The molecule has 16 heteroatoms. The Hall–Kier alpha value is -5.88. The summed E-state index contributed by atoms with van der Waals surface area (Å²) in [5.74, 6) is -0.866. The van der Waals surface area contributed by atoms with Gasteiger partial charge < -0.3 is 20.6 Å². The Morgan fingerprint density at radius 1 is 0.468 bits per heavy atom. The van der Waals surface area contributed by atoms with E-state index in [-0.39, 0.29) is 22.6 Å². The average Bonchev–Trinajstić information content (AvgIpc) is 3.88. The van der Waals surface area contributed by atoms with Crippen LogP contribution in [-0.2, 0) is 42.5 Å². The maximum atomic E-state index is 13.1. The fourth-order valence-corrected chi connectivity index (χ4v) is 9.58. The van der Waals surface area contributed by atoms with E-state index in [1.54, 1.807) is 85.2 Å². The van der Waals surface area contributed by atoms with Gasteiger partial charge in [-0.1, -0.05) is 105 Å². The molecule has 0 aliphatic rings. The highest BCUT2D eigenvalue weighted by atomic mass is 79.9.